The Morgan fingerprint density at radius 1 is 0.914 bits per heavy atom. The highest BCUT2D eigenvalue weighted by Gasteiger charge is 2.12. The molecule has 1 amide bonds. The SMILES string of the molecule is CCCCCCCCCCCCCCCCC=CN(Cc1ccc(OCCN)c(OC)c1)C(=O)O. The summed E-state index contributed by atoms with van der Waals surface area (Å²) >= 11 is 0. The Morgan fingerprint density at radius 3 is 2.00 bits per heavy atom. The molecule has 0 radical (unpaired) electrons. The number of amides is 1. The lowest BCUT2D eigenvalue weighted by Crippen LogP contribution is -2.23. The minimum Gasteiger partial charge on any atom is -0.493 e. The van der Waals surface area contributed by atoms with Crippen LogP contribution in [0.15, 0.2) is 30.5 Å². The van der Waals surface area contributed by atoms with Gasteiger partial charge < -0.3 is 20.3 Å². The molecule has 0 spiro atoms. The zero-order valence-electron chi connectivity index (χ0n) is 22.3. The van der Waals surface area contributed by atoms with Crippen LogP contribution in [0.1, 0.15) is 109 Å². The van der Waals surface area contributed by atoms with Crippen molar-refractivity contribution in [2.75, 3.05) is 20.3 Å². The fourth-order valence-electron chi connectivity index (χ4n) is 4.14. The van der Waals surface area contributed by atoms with Gasteiger partial charge in [0.05, 0.1) is 13.7 Å². The van der Waals surface area contributed by atoms with Crippen LogP contribution in [-0.4, -0.2) is 36.4 Å². The molecule has 6 nitrogen and oxygen atoms in total. The molecular formula is C29H50N2O4. The number of unbranched alkanes of at least 4 members (excludes halogenated alkanes) is 14. The van der Waals surface area contributed by atoms with Crippen LogP contribution in [0.4, 0.5) is 4.79 Å². The number of benzene rings is 1. The van der Waals surface area contributed by atoms with Crippen molar-refractivity contribution in [3.63, 3.8) is 0 Å². The number of carboxylic acid groups (broad SMARTS) is 1. The van der Waals surface area contributed by atoms with Crippen molar-refractivity contribution >= 4 is 6.09 Å². The maximum Gasteiger partial charge on any atom is 0.411 e. The zero-order chi connectivity index (χ0) is 25.6. The number of rotatable bonds is 22. The number of hydrogen-bond donors (Lipinski definition) is 2. The number of nitrogens with two attached hydrogens (primary N) is 1. The highest BCUT2D eigenvalue weighted by molar-refractivity contribution is 5.66. The third-order valence-corrected chi connectivity index (χ3v) is 6.21. The molecule has 0 aliphatic heterocycles. The van der Waals surface area contributed by atoms with E-state index in [1.165, 1.54) is 88.4 Å². The van der Waals surface area contributed by atoms with Crippen molar-refractivity contribution < 1.29 is 19.4 Å². The summed E-state index contributed by atoms with van der Waals surface area (Å²) in [7, 11) is 1.57. The zero-order valence-corrected chi connectivity index (χ0v) is 22.3. The third-order valence-electron chi connectivity index (χ3n) is 6.21. The summed E-state index contributed by atoms with van der Waals surface area (Å²) in [4.78, 5) is 13.0. The molecule has 1 aromatic rings. The third kappa shape index (κ3) is 15.4. The Kier molecular flexibility index (Phi) is 18.6. The molecule has 3 N–H and O–H groups in total. The van der Waals surface area contributed by atoms with Crippen LogP contribution in [0.5, 0.6) is 11.5 Å². The number of ether oxygens (including phenoxy) is 2. The first-order valence-electron chi connectivity index (χ1n) is 13.8. The van der Waals surface area contributed by atoms with E-state index in [0.717, 1.165) is 18.4 Å². The molecule has 0 aromatic heterocycles. The summed E-state index contributed by atoms with van der Waals surface area (Å²) in [6.45, 7) is 3.35. The molecule has 0 aliphatic carbocycles. The van der Waals surface area contributed by atoms with Crippen LogP contribution in [0.2, 0.25) is 0 Å². The van der Waals surface area contributed by atoms with Gasteiger partial charge in [-0.05, 0) is 30.5 Å². The Morgan fingerprint density at radius 2 is 1.49 bits per heavy atom. The average Bonchev–Trinajstić information content (AvgIpc) is 2.86. The van der Waals surface area contributed by atoms with E-state index in [0.29, 0.717) is 24.7 Å². The van der Waals surface area contributed by atoms with Gasteiger partial charge in [0.25, 0.3) is 0 Å². The Bertz CT molecular complexity index is 693. The maximum atomic E-state index is 11.7. The minimum atomic E-state index is -0.968. The van der Waals surface area contributed by atoms with Crippen LogP contribution in [0.25, 0.3) is 0 Å². The van der Waals surface area contributed by atoms with E-state index in [4.69, 9.17) is 15.2 Å². The predicted molar refractivity (Wildman–Crippen MR) is 145 cm³/mol. The van der Waals surface area contributed by atoms with Crippen molar-refractivity contribution in [3.05, 3.63) is 36.0 Å². The van der Waals surface area contributed by atoms with Gasteiger partial charge in [0.2, 0.25) is 0 Å². The fourth-order valence-corrected chi connectivity index (χ4v) is 4.14. The molecule has 0 saturated carbocycles. The number of carbonyl (C=O) groups is 1. The van der Waals surface area contributed by atoms with Gasteiger partial charge in [-0.3, -0.25) is 4.90 Å². The van der Waals surface area contributed by atoms with E-state index >= 15 is 0 Å². The molecule has 0 unspecified atom stereocenters. The van der Waals surface area contributed by atoms with Gasteiger partial charge in [0.15, 0.2) is 11.5 Å². The maximum absolute atomic E-state index is 11.7. The van der Waals surface area contributed by atoms with Crippen molar-refractivity contribution in [2.24, 2.45) is 5.73 Å². The molecule has 0 heterocycles. The molecule has 0 atom stereocenters. The molecule has 0 fully saturated rings. The van der Waals surface area contributed by atoms with Gasteiger partial charge >= 0.3 is 6.09 Å². The van der Waals surface area contributed by atoms with Gasteiger partial charge in [-0.15, -0.1) is 0 Å². The summed E-state index contributed by atoms with van der Waals surface area (Å²) in [6, 6.07) is 5.46. The van der Waals surface area contributed by atoms with Crippen LogP contribution in [0.3, 0.4) is 0 Å². The first kappa shape index (κ1) is 30.8. The molecule has 6 heteroatoms. The standard InChI is InChI=1S/C29H50N2O4/c1-3-4-5-6-7-8-9-10-11-12-13-14-15-16-17-18-22-31(29(32)33)25-26-19-20-27(35-23-21-30)28(24-26)34-2/h18-20,22,24H,3-17,21,23,25,30H2,1-2H3,(H,32,33). The quantitative estimate of drug-likeness (QED) is 0.161. The summed E-state index contributed by atoms with van der Waals surface area (Å²) in [5.74, 6) is 1.18. The van der Waals surface area contributed by atoms with Crippen LogP contribution < -0.4 is 15.2 Å². The van der Waals surface area contributed by atoms with E-state index in [-0.39, 0.29) is 6.54 Å². The predicted octanol–water partition coefficient (Wildman–Crippen LogP) is 7.90. The molecule has 35 heavy (non-hydrogen) atoms. The Hall–Kier alpha value is -2.21. The van der Waals surface area contributed by atoms with E-state index in [1.54, 1.807) is 19.4 Å². The molecule has 1 aromatic carbocycles. The van der Waals surface area contributed by atoms with Crippen molar-refractivity contribution in [3.8, 4) is 11.5 Å². The van der Waals surface area contributed by atoms with Gasteiger partial charge in [-0.1, -0.05) is 103 Å². The lowest BCUT2D eigenvalue weighted by molar-refractivity contribution is 0.161. The second-order valence-corrected chi connectivity index (χ2v) is 9.30. The lowest BCUT2D eigenvalue weighted by Gasteiger charge is -2.16. The van der Waals surface area contributed by atoms with E-state index in [9.17, 15) is 9.90 Å². The van der Waals surface area contributed by atoms with Crippen molar-refractivity contribution in [2.45, 2.75) is 110 Å². The van der Waals surface area contributed by atoms with Crippen LogP contribution in [0, 0.1) is 0 Å². The molecule has 1 rings (SSSR count). The Labute approximate surface area is 213 Å². The summed E-state index contributed by atoms with van der Waals surface area (Å²) in [5, 5.41) is 9.56. The van der Waals surface area contributed by atoms with E-state index < -0.39 is 6.09 Å². The summed E-state index contributed by atoms with van der Waals surface area (Å²) in [5.41, 5.74) is 6.32. The first-order chi connectivity index (χ1) is 17.1. The van der Waals surface area contributed by atoms with Gasteiger partial charge in [0, 0.05) is 12.7 Å². The van der Waals surface area contributed by atoms with E-state index in [2.05, 4.69) is 6.92 Å². The topological polar surface area (TPSA) is 85.0 Å². The summed E-state index contributed by atoms with van der Waals surface area (Å²) < 4.78 is 10.9. The highest BCUT2D eigenvalue weighted by Crippen LogP contribution is 2.28. The van der Waals surface area contributed by atoms with Crippen molar-refractivity contribution in [1.82, 2.24) is 4.90 Å². The first-order valence-corrected chi connectivity index (χ1v) is 13.8. The molecular weight excluding hydrogens is 440 g/mol. The highest BCUT2D eigenvalue weighted by atomic mass is 16.5. The average molecular weight is 491 g/mol. The largest absolute Gasteiger partial charge is 0.493 e. The molecule has 0 bridgehead atoms. The monoisotopic (exact) mass is 490 g/mol. The van der Waals surface area contributed by atoms with Crippen LogP contribution >= 0.6 is 0 Å². The fraction of sp³-hybridized carbons (Fsp3) is 0.690. The molecule has 200 valence electrons. The second-order valence-electron chi connectivity index (χ2n) is 9.30. The van der Waals surface area contributed by atoms with Crippen molar-refractivity contribution in [1.29, 1.82) is 0 Å². The van der Waals surface area contributed by atoms with Gasteiger partial charge in [0.1, 0.15) is 6.61 Å². The Balaban J connectivity index is 2.18. The minimum absolute atomic E-state index is 0.262. The normalized spacial score (nSPS) is 11.2. The second kappa shape index (κ2) is 21.1. The van der Waals surface area contributed by atoms with Gasteiger partial charge in [-0.25, -0.2) is 4.79 Å². The van der Waals surface area contributed by atoms with Crippen LogP contribution in [-0.2, 0) is 6.54 Å². The number of hydrogen-bond acceptors (Lipinski definition) is 4. The smallest absolute Gasteiger partial charge is 0.411 e. The summed E-state index contributed by atoms with van der Waals surface area (Å²) in [6.07, 6.45) is 22.3. The van der Waals surface area contributed by atoms with E-state index in [1.807, 2.05) is 18.2 Å². The number of nitrogens with zero attached hydrogens (tertiary/aromatic N) is 1. The lowest BCUT2D eigenvalue weighted by atomic mass is 10.0. The molecule has 0 aliphatic rings. The molecule has 0 saturated heterocycles. The number of methoxy groups -OCH3 is 1. The number of allylic oxidation sites excluding steroid dienone is 1. The van der Waals surface area contributed by atoms with Gasteiger partial charge in [-0.2, -0.15) is 0 Å².